The highest BCUT2D eigenvalue weighted by atomic mass is 16.4. The van der Waals surface area contributed by atoms with Gasteiger partial charge in [-0.1, -0.05) is 13.0 Å². The molecule has 1 unspecified atom stereocenters. The molecule has 17 heavy (non-hydrogen) atoms. The molecule has 0 heterocycles. The van der Waals surface area contributed by atoms with Gasteiger partial charge in [-0.25, -0.2) is 0 Å². The Kier molecular flexibility index (Phi) is 5.85. The van der Waals surface area contributed by atoms with Gasteiger partial charge in [-0.2, -0.15) is 0 Å². The summed E-state index contributed by atoms with van der Waals surface area (Å²) in [5.41, 5.74) is -0.937. The number of rotatable bonds is 8. The van der Waals surface area contributed by atoms with Gasteiger partial charge in [0.25, 0.3) is 0 Å². The lowest BCUT2D eigenvalue weighted by atomic mass is 9.98. The fourth-order valence-corrected chi connectivity index (χ4v) is 1.77. The summed E-state index contributed by atoms with van der Waals surface area (Å²) in [6.07, 6.45) is 3.78. The number of carboxylic acids is 1. The minimum absolute atomic E-state index is 0.0749. The predicted octanol–water partition coefficient (Wildman–Crippen LogP) is 0.493. The molecule has 0 aromatic carbocycles. The first kappa shape index (κ1) is 16.1. The number of carboxylic acid groups (broad SMARTS) is 1. The minimum Gasteiger partial charge on any atom is -0.544 e. The summed E-state index contributed by atoms with van der Waals surface area (Å²) in [5.74, 6) is -1.02. The van der Waals surface area contributed by atoms with Gasteiger partial charge in [-0.3, -0.25) is 5.32 Å². The lowest BCUT2D eigenvalue weighted by Crippen LogP contribution is -2.71. The zero-order valence-corrected chi connectivity index (χ0v) is 11.7. The van der Waals surface area contributed by atoms with Crippen LogP contribution in [-0.4, -0.2) is 42.8 Å². The molecule has 0 aromatic heterocycles. The van der Waals surface area contributed by atoms with E-state index < -0.39 is 11.5 Å². The number of likely N-dealkylation sites (N-methyl/N-ethyl adjacent to an activating group) is 1. The van der Waals surface area contributed by atoms with E-state index in [-0.39, 0.29) is 6.17 Å². The zero-order valence-electron chi connectivity index (χ0n) is 11.7. The number of hydrogen-bond acceptors (Lipinski definition) is 3. The summed E-state index contributed by atoms with van der Waals surface area (Å²) >= 11 is 0. The molecular formula is C13H26N2O2. The summed E-state index contributed by atoms with van der Waals surface area (Å²) in [7, 11) is 3.85. The maximum Gasteiger partial charge on any atom is 0.143 e. The summed E-state index contributed by atoms with van der Waals surface area (Å²) < 4.78 is 0.344. The summed E-state index contributed by atoms with van der Waals surface area (Å²) in [5, 5.41) is 14.6. The van der Waals surface area contributed by atoms with Gasteiger partial charge in [-0.05, 0) is 20.3 Å². The third kappa shape index (κ3) is 3.54. The Balaban J connectivity index is 5.04. The molecule has 0 aliphatic rings. The quantitative estimate of drug-likeness (QED) is 0.383. The molecule has 0 aliphatic heterocycles. The topological polar surface area (TPSA) is 52.2 Å². The number of carbonyl (C=O) groups excluding carboxylic acids is 1. The first-order valence-corrected chi connectivity index (χ1v) is 6.11. The van der Waals surface area contributed by atoms with Gasteiger partial charge in [0.05, 0.1) is 14.1 Å². The fourth-order valence-electron chi connectivity index (χ4n) is 1.77. The molecule has 0 aromatic rings. The van der Waals surface area contributed by atoms with E-state index >= 15 is 0 Å². The second-order valence-electron chi connectivity index (χ2n) is 5.39. The Morgan fingerprint density at radius 2 is 2.06 bits per heavy atom. The molecule has 0 fully saturated rings. The van der Waals surface area contributed by atoms with E-state index in [1.807, 2.05) is 14.1 Å². The van der Waals surface area contributed by atoms with E-state index in [2.05, 4.69) is 18.8 Å². The molecule has 4 nitrogen and oxygen atoms in total. The Morgan fingerprint density at radius 1 is 1.53 bits per heavy atom. The molecule has 100 valence electrons. The second kappa shape index (κ2) is 6.17. The number of nitrogens with one attached hydrogen (secondary N) is 1. The standard InChI is InChI=1S/C13H26N2O2/c1-7-9-11(14-10-8-2)15(5,6)13(3,4)12(16)17/h8,11,14H,2,7,9-10H2,1,3-6H3. The van der Waals surface area contributed by atoms with Crippen LogP contribution in [-0.2, 0) is 4.79 Å². The van der Waals surface area contributed by atoms with Gasteiger partial charge in [0.15, 0.2) is 0 Å². The molecule has 4 heteroatoms. The highest BCUT2D eigenvalue weighted by molar-refractivity contribution is 5.73. The molecule has 0 aliphatic carbocycles. The van der Waals surface area contributed by atoms with Crippen molar-refractivity contribution in [1.29, 1.82) is 0 Å². The normalized spacial score (nSPS) is 14.4. The second-order valence-corrected chi connectivity index (χ2v) is 5.39. The van der Waals surface area contributed by atoms with Gasteiger partial charge in [0.1, 0.15) is 17.7 Å². The van der Waals surface area contributed by atoms with Gasteiger partial charge in [0.2, 0.25) is 0 Å². The monoisotopic (exact) mass is 242 g/mol. The predicted molar refractivity (Wildman–Crippen MR) is 68.1 cm³/mol. The third-order valence-electron chi connectivity index (χ3n) is 3.78. The first-order valence-electron chi connectivity index (χ1n) is 6.11. The summed E-state index contributed by atoms with van der Waals surface area (Å²) in [6, 6.07) is 0. The van der Waals surface area contributed by atoms with Crippen LogP contribution in [0.3, 0.4) is 0 Å². The summed E-state index contributed by atoms with van der Waals surface area (Å²) in [6.45, 7) is 9.86. The molecule has 0 saturated heterocycles. The number of nitrogens with zero attached hydrogens (tertiary/aromatic N) is 1. The number of quaternary nitrogens is 1. The fraction of sp³-hybridized carbons (Fsp3) is 0.769. The third-order valence-corrected chi connectivity index (χ3v) is 3.78. The van der Waals surface area contributed by atoms with E-state index in [4.69, 9.17) is 0 Å². The largest absolute Gasteiger partial charge is 0.544 e. The highest BCUT2D eigenvalue weighted by Gasteiger charge is 2.43. The smallest absolute Gasteiger partial charge is 0.143 e. The first-order chi connectivity index (χ1) is 7.71. The zero-order chi connectivity index (χ0) is 13.7. The van der Waals surface area contributed by atoms with Crippen molar-refractivity contribution in [2.45, 2.75) is 45.3 Å². The SMILES string of the molecule is C=CCNC(CCC)[N+](C)(C)C(C)(C)C(=O)[O-]. The Morgan fingerprint density at radius 3 is 2.41 bits per heavy atom. The highest BCUT2D eigenvalue weighted by Crippen LogP contribution is 2.24. The molecule has 0 bridgehead atoms. The lowest BCUT2D eigenvalue weighted by Gasteiger charge is -2.50. The number of carbonyl (C=O) groups is 1. The Hall–Kier alpha value is -0.870. The Bertz CT molecular complexity index is 273. The van der Waals surface area contributed by atoms with Gasteiger partial charge >= 0.3 is 0 Å². The average Bonchev–Trinajstić information content (AvgIpc) is 2.23. The van der Waals surface area contributed by atoms with Crippen molar-refractivity contribution in [2.24, 2.45) is 0 Å². The average molecular weight is 242 g/mol. The molecule has 0 radical (unpaired) electrons. The van der Waals surface area contributed by atoms with Crippen LogP contribution in [0.2, 0.25) is 0 Å². The van der Waals surface area contributed by atoms with Crippen LogP contribution in [0, 0.1) is 0 Å². The summed E-state index contributed by atoms with van der Waals surface area (Å²) in [4.78, 5) is 11.3. The van der Waals surface area contributed by atoms with Crippen molar-refractivity contribution in [3.05, 3.63) is 12.7 Å². The van der Waals surface area contributed by atoms with Crippen LogP contribution in [0.15, 0.2) is 12.7 Å². The van der Waals surface area contributed by atoms with Crippen LogP contribution >= 0.6 is 0 Å². The van der Waals surface area contributed by atoms with Crippen LogP contribution in [0.5, 0.6) is 0 Å². The maximum atomic E-state index is 11.3. The molecule has 0 rings (SSSR count). The van der Waals surface area contributed by atoms with Crippen molar-refractivity contribution >= 4 is 5.97 Å². The van der Waals surface area contributed by atoms with E-state index in [0.29, 0.717) is 11.0 Å². The van der Waals surface area contributed by atoms with Crippen LogP contribution < -0.4 is 10.4 Å². The van der Waals surface area contributed by atoms with Crippen molar-refractivity contribution < 1.29 is 14.4 Å². The van der Waals surface area contributed by atoms with Gasteiger partial charge in [0, 0.05) is 13.0 Å². The number of hydrogen-bond donors (Lipinski definition) is 1. The van der Waals surface area contributed by atoms with Crippen LogP contribution in [0.25, 0.3) is 0 Å². The molecule has 1 N–H and O–H groups in total. The van der Waals surface area contributed by atoms with E-state index in [1.54, 1.807) is 19.9 Å². The van der Waals surface area contributed by atoms with Crippen molar-refractivity contribution in [3.8, 4) is 0 Å². The molecule has 0 amide bonds. The van der Waals surface area contributed by atoms with Gasteiger partial charge < -0.3 is 14.4 Å². The molecule has 0 saturated carbocycles. The lowest BCUT2D eigenvalue weighted by molar-refractivity contribution is -0.956. The Labute approximate surface area is 105 Å². The van der Waals surface area contributed by atoms with E-state index in [9.17, 15) is 9.90 Å². The van der Waals surface area contributed by atoms with Gasteiger partial charge in [-0.15, -0.1) is 6.58 Å². The van der Waals surface area contributed by atoms with Crippen molar-refractivity contribution in [2.75, 3.05) is 20.6 Å². The van der Waals surface area contributed by atoms with Crippen LogP contribution in [0.1, 0.15) is 33.6 Å². The van der Waals surface area contributed by atoms with Crippen molar-refractivity contribution in [3.63, 3.8) is 0 Å². The maximum absolute atomic E-state index is 11.3. The molecule has 0 spiro atoms. The molecule has 1 atom stereocenters. The van der Waals surface area contributed by atoms with E-state index in [1.165, 1.54) is 0 Å². The minimum atomic E-state index is -1.02. The van der Waals surface area contributed by atoms with Crippen molar-refractivity contribution in [1.82, 2.24) is 5.32 Å². The molecular weight excluding hydrogens is 216 g/mol. The number of aliphatic carboxylic acids is 1. The van der Waals surface area contributed by atoms with Crippen LogP contribution in [0.4, 0.5) is 0 Å². The van der Waals surface area contributed by atoms with E-state index in [0.717, 1.165) is 12.8 Å².